The molecule has 2 unspecified atom stereocenters. The van der Waals surface area contributed by atoms with E-state index in [4.69, 9.17) is 10.7 Å². The average Bonchev–Trinajstić information content (AvgIpc) is 3.77. The van der Waals surface area contributed by atoms with Gasteiger partial charge in [0.2, 0.25) is 0 Å². The van der Waals surface area contributed by atoms with Crippen LogP contribution in [0.2, 0.25) is 0 Å². The van der Waals surface area contributed by atoms with E-state index in [0.29, 0.717) is 0 Å². The summed E-state index contributed by atoms with van der Waals surface area (Å²) in [6.07, 6.45) is 19.1. The molecule has 2 aromatic heterocycles. The van der Waals surface area contributed by atoms with E-state index in [-0.39, 0.29) is 12.3 Å². The summed E-state index contributed by atoms with van der Waals surface area (Å²) in [5.74, 6) is 0. The molecule has 0 saturated heterocycles. The first-order valence-corrected chi connectivity index (χ1v) is 20.5. The SMILES string of the molecule is CSc1c(C2=CC=CCC2)cccc1C(N)N(C)C(/N=C/c1cccc2c3ccccc3n(-c3ccccc3)c12)c1ccc2c3c(sc2c1)CCC=C3. The first kappa shape index (κ1) is 33.8. The Morgan fingerprint density at radius 1 is 0.849 bits per heavy atom. The number of rotatable bonds is 9. The van der Waals surface area contributed by atoms with Gasteiger partial charge in [0.15, 0.2) is 0 Å². The topological polar surface area (TPSA) is 46.5 Å². The lowest BCUT2D eigenvalue weighted by molar-refractivity contribution is 0.181. The average molecular weight is 727 g/mol. The first-order chi connectivity index (χ1) is 26.1. The van der Waals surface area contributed by atoms with Crippen molar-refractivity contribution in [1.82, 2.24) is 9.47 Å². The number of fused-ring (bicyclic) bond motifs is 6. The molecule has 5 aromatic carbocycles. The molecule has 0 saturated carbocycles. The number of benzene rings is 5. The van der Waals surface area contributed by atoms with Gasteiger partial charge in [-0.15, -0.1) is 23.1 Å². The van der Waals surface area contributed by atoms with E-state index in [1.165, 1.54) is 52.8 Å². The number of thiophene rings is 1. The molecule has 2 aliphatic rings. The van der Waals surface area contributed by atoms with Crippen molar-refractivity contribution in [3.05, 3.63) is 166 Å². The van der Waals surface area contributed by atoms with Crippen LogP contribution in [0.5, 0.6) is 0 Å². The molecular weight excluding hydrogens is 685 g/mol. The standard InChI is InChI=1S/C47H42N4S2/c1-50(46(48)40-24-14-22-35(45(40)52-2)31-15-5-3-6-16-31)47(32-27-28-38-37-21-10-12-26-42(37)53-43(38)29-32)49-30-33-17-13-23-39-36-20-9-11-25-41(36)51(44(33)39)34-18-7-4-8-19-34/h3-5,7-11,13-15,17-25,27-30,46-47H,6,12,16,26,48H2,1-2H3/b49-30+. The van der Waals surface area contributed by atoms with E-state index in [0.717, 1.165) is 53.6 Å². The Hall–Kier alpha value is -4.98. The molecule has 9 rings (SSSR count). The Bertz CT molecular complexity index is 2600. The lowest BCUT2D eigenvalue weighted by Crippen LogP contribution is -2.34. The number of aliphatic imine (C=N–C) groups is 1. The minimum Gasteiger partial charge on any atom is -0.312 e. The van der Waals surface area contributed by atoms with Crippen molar-refractivity contribution in [2.75, 3.05) is 13.3 Å². The Morgan fingerprint density at radius 2 is 1.66 bits per heavy atom. The fourth-order valence-electron chi connectivity index (χ4n) is 8.17. The molecule has 6 heteroatoms. The molecule has 2 atom stereocenters. The summed E-state index contributed by atoms with van der Waals surface area (Å²) in [6, 6.07) is 39.4. The van der Waals surface area contributed by atoms with Crippen LogP contribution in [0.3, 0.4) is 0 Å². The fourth-order valence-corrected chi connectivity index (χ4v) is 10.3. The smallest absolute Gasteiger partial charge is 0.129 e. The first-order valence-electron chi connectivity index (χ1n) is 18.4. The van der Waals surface area contributed by atoms with Crippen LogP contribution in [0.25, 0.3) is 49.2 Å². The molecule has 2 heterocycles. The van der Waals surface area contributed by atoms with Crippen molar-refractivity contribution in [2.45, 2.75) is 42.9 Å². The molecule has 53 heavy (non-hydrogen) atoms. The summed E-state index contributed by atoms with van der Waals surface area (Å²) in [4.78, 5) is 10.4. The maximum absolute atomic E-state index is 7.35. The molecule has 7 aromatic rings. The molecule has 0 amide bonds. The highest BCUT2D eigenvalue weighted by molar-refractivity contribution is 7.98. The molecule has 0 fully saturated rings. The second-order valence-corrected chi connectivity index (χ2v) is 15.9. The number of thioether (sulfide) groups is 1. The van der Waals surface area contributed by atoms with Crippen molar-refractivity contribution in [3.8, 4) is 5.69 Å². The van der Waals surface area contributed by atoms with E-state index in [1.54, 1.807) is 11.8 Å². The molecule has 262 valence electrons. The van der Waals surface area contributed by atoms with Crippen LogP contribution >= 0.6 is 23.1 Å². The fraction of sp³-hybridized carbons (Fsp3) is 0.170. The molecule has 2 N–H and O–H groups in total. The molecule has 0 radical (unpaired) electrons. The lowest BCUT2D eigenvalue weighted by Gasteiger charge is -2.32. The number of hydrogen-bond acceptors (Lipinski definition) is 5. The predicted molar refractivity (Wildman–Crippen MR) is 230 cm³/mol. The van der Waals surface area contributed by atoms with Crippen molar-refractivity contribution in [3.63, 3.8) is 0 Å². The van der Waals surface area contributed by atoms with Crippen molar-refractivity contribution < 1.29 is 0 Å². The Balaban J connectivity index is 1.19. The van der Waals surface area contributed by atoms with Crippen molar-refractivity contribution >= 4 is 72.9 Å². The second-order valence-electron chi connectivity index (χ2n) is 13.9. The third-order valence-electron chi connectivity index (χ3n) is 10.8. The Labute approximate surface area is 319 Å². The molecular formula is C47H42N4S2. The number of hydrogen-bond donors (Lipinski definition) is 1. The van der Waals surface area contributed by atoms with Gasteiger partial charge in [0.1, 0.15) is 6.17 Å². The number of nitrogens with zero attached hydrogens (tertiary/aromatic N) is 3. The number of aromatic nitrogens is 1. The summed E-state index contributed by atoms with van der Waals surface area (Å²) in [6.45, 7) is 0. The van der Waals surface area contributed by atoms with E-state index >= 15 is 0 Å². The zero-order chi connectivity index (χ0) is 35.9. The van der Waals surface area contributed by atoms with Crippen LogP contribution in [0, 0.1) is 0 Å². The van der Waals surface area contributed by atoms with Gasteiger partial charge in [0, 0.05) is 42.7 Å². The van der Waals surface area contributed by atoms with Crippen LogP contribution < -0.4 is 5.73 Å². The third kappa shape index (κ3) is 6.10. The van der Waals surface area contributed by atoms with Crippen LogP contribution in [0.4, 0.5) is 0 Å². The van der Waals surface area contributed by atoms with Crippen LogP contribution in [0.1, 0.15) is 64.3 Å². The lowest BCUT2D eigenvalue weighted by atomic mass is 9.95. The van der Waals surface area contributed by atoms with Gasteiger partial charge in [0.25, 0.3) is 0 Å². The quantitative estimate of drug-likeness (QED) is 0.0915. The summed E-state index contributed by atoms with van der Waals surface area (Å²) < 4.78 is 3.68. The van der Waals surface area contributed by atoms with E-state index in [9.17, 15) is 0 Å². The predicted octanol–water partition coefficient (Wildman–Crippen LogP) is 12.1. The van der Waals surface area contributed by atoms with E-state index in [2.05, 4.69) is 169 Å². The highest BCUT2D eigenvalue weighted by atomic mass is 32.2. The maximum atomic E-state index is 7.35. The van der Waals surface area contributed by atoms with Crippen LogP contribution in [0.15, 0.2) is 143 Å². The van der Waals surface area contributed by atoms with Gasteiger partial charge in [-0.25, -0.2) is 0 Å². The Morgan fingerprint density at radius 3 is 2.51 bits per heavy atom. The van der Waals surface area contributed by atoms with Crippen molar-refractivity contribution in [1.29, 1.82) is 0 Å². The number of allylic oxidation sites excluding steroid dienone is 5. The zero-order valence-corrected chi connectivity index (χ0v) is 31.7. The molecule has 4 nitrogen and oxygen atoms in total. The van der Waals surface area contributed by atoms with Gasteiger partial charge in [-0.2, -0.15) is 0 Å². The third-order valence-corrected chi connectivity index (χ3v) is 12.9. The minimum absolute atomic E-state index is 0.330. The molecule has 0 spiro atoms. The largest absolute Gasteiger partial charge is 0.312 e. The zero-order valence-electron chi connectivity index (χ0n) is 30.1. The van der Waals surface area contributed by atoms with Crippen LogP contribution in [-0.4, -0.2) is 29.0 Å². The van der Waals surface area contributed by atoms with Gasteiger partial charge in [0.05, 0.1) is 17.2 Å². The minimum atomic E-state index is -0.388. The second kappa shape index (κ2) is 14.4. The summed E-state index contributed by atoms with van der Waals surface area (Å²) in [5, 5.41) is 3.76. The Kier molecular flexibility index (Phi) is 9.22. The van der Waals surface area contributed by atoms with E-state index < -0.39 is 0 Å². The molecule has 0 bridgehead atoms. The van der Waals surface area contributed by atoms with Crippen molar-refractivity contribution in [2.24, 2.45) is 10.7 Å². The maximum Gasteiger partial charge on any atom is 0.129 e. The number of aryl methyl sites for hydroxylation is 1. The summed E-state index contributed by atoms with van der Waals surface area (Å²) >= 11 is 3.70. The molecule has 2 aliphatic carbocycles. The van der Waals surface area contributed by atoms with E-state index in [1.807, 2.05) is 11.3 Å². The van der Waals surface area contributed by atoms with Crippen LogP contribution in [-0.2, 0) is 6.42 Å². The molecule has 0 aliphatic heterocycles. The van der Waals surface area contributed by atoms with Gasteiger partial charge < -0.3 is 10.3 Å². The summed E-state index contributed by atoms with van der Waals surface area (Å²) in [7, 11) is 2.12. The monoisotopic (exact) mass is 726 g/mol. The van der Waals surface area contributed by atoms with Gasteiger partial charge in [-0.3, -0.25) is 9.89 Å². The highest BCUT2D eigenvalue weighted by Gasteiger charge is 2.27. The summed E-state index contributed by atoms with van der Waals surface area (Å²) in [5.41, 5.74) is 18.1. The highest BCUT2D eigenvalue weighted by Crippen LogP contribution is 2.41. The normalized spacial score (nSPS) is 15.5. The van der Waals surface area contributed by atoms with Gasteiger partial charge in [-0.1, -0.05) is 115 Å². The van der Waals surface area contributed by atoms with Gasteiger partial charge in [-0.05, 0) is 96.5 Å². The number of para-hydroxylation sites is 3. The van der Waals surface area contributed by atoms with Gasteiger partial charge >= 0.3 is 0 Å². The number of nitrogens with two attached hydrogens (primary N) is 1.